The first-order chi connectivity index (χ1) is 8.63. The molecule has 0 amide bonds. The summed E-state index contributed by atoms with van der Waals surface area (Å²) in [6, 6.07) is 6.67. The number of halogens is 1. The van der Waals surface area contributed by atoms with Crippen LogP contribution >= 0.6 is 0 Å². The van der Waals surface area contributed by atoms with Gasteiger partial charge in [0.15, 0.2) is 0 Å². The molecule has 1 aromatic carbocycles. The molecule has 3 nitrogen and oxygen atoms in total. The van der Waals surface area contributed by atoms with Gasteiger partial charge in [-0.2, -0.15) is 5.10 Å². The molecule has 4 heteroatoms. The summed E-state index contributed by atoms with van der Waals surface area (Å²) in [6.07, 6.45) is 2.72. The molecule has 18 heavy (non-hydrogen) atoms. The second-order valence-electron chi connectivity index (χ2n) is 4.47. The van der Waals surface area contributed by atoms with E-state index >= 15 is 0 Å². The third-order valence-electron chi connectivity index (χ3n) is 3.06. The number of benzene rings is 1. The minimum atomic E-state index is -0.339. The van der Waals surface area contributed by atoms with Crippen LogP contribution in [-0.4, -0.2) is 9.78 Å². The van der Waals surface area contributed by atoms with Crippen LogP contribution in [0.1, 0.15) is 36.2 Å². The Morgan fingerprint density at radius 1 is 1.39 bits per heavy atom. The summed E-state index contributed by atoms with van der Waals surface area (Å²) >= 11 is 0. The van der Waals surface area contributed by atoms with E-state index in [1.165, 1.54) is 6.07 Å². The zero-order valence-corrected chi connectivity index (χ0v) is 10.7. The third kappa shape index (κ3) is 2.43. The van der Waals surface area contributed by atoms with E-state index in [4.69, 9.17) is 5.73 Å². The molecule has 0 bridgehead atoms. The molecule has 0 aliphatic rings. The van der Waals surface area contributed by atoms with Crippen molar-refractivity contribution in [3.05, 3.63) is 53.1 Å². The van der Waals surface area contributed by atoms with Crippen molar-refractivity contribution in [2.24, 2.45) is 5.73 Å². The summed E-state index contributed by atoms with van der Waals surface area (Å²) in [4.78, 5) is 0. The Morgan fingerprint density at radius 3 is 2.83 bits per heavy atom. The highest BCUT2D eigenvalue weighted by Gasteiger charge is 2.14. The van der Waals surface area contributed by atoms with E-state index in [1.807, 2.05) is 16.8 Å². The summed E-state index contributed by atoms with van der Waals surface area (Å²) in [6.45, 7) is 4.65. The fourth-order valence-electron chi connectivity index (χ4n) is 1.98. The van der Waals surface area contributed by atoms with Crippen molar-refractivity contribution in [1.29, 1.82) is 0 Å². The third-order valence-corrected chi connectivity index (χ3v) is 3.06. The van der Waals surface area contributed by atoms with Crippen LogP contribution in [0.5, 0.6) is 0 Å². The van der Waals surface area contributed by atoms with Crippen molar-refractivity contribution in [3.63, 3.8) is 0 Å². The lowest BCUT2D eigenvalue weighted by Crippen LogP contribution is -2.17. The number of hydrogen-bond donors (Lipinski definition) is 1. The first kappa shape index (κ1) is 12.8. The van der Waals surface area contributed by atoms with Crippen molar-refractivity contribution in [3.8, 4) is 0 Å². The summed E-state index contributed by atoms with van der Waals surface area (Å²) in [5, 5.41) is 4.24. The molecule has 1 heterocycles. The summed E-state index contributed by atoms with van der Waals surface area (Å²) in [7, 11) is 0. The summed E-state index contributed by atoms with van der Waals surface area (Å²) in [5.41, 5.74) is 8.51. The van der Waals surface area contributed by atoms with Gasteiger partial charge in [-0.3, -0.25) is 4.68 Å². The minimum absolute atomic E-state index is 0.218. The van der Waals surface area contributed by atoms with Gasteiger partial charge in [-0.15, -0.1) is 0 Å². The van der Waals surface area contributed by atoms with Crippen LogP contribution in [0.3, 0.4) is 0 Å². The van der Waals surface area contributed by atoms with E-state index in [0.717, 1.165) is 24.2 Å². The lowest BCUT2D eigenvalue weighted by atomic mass is 10.0. The van der Waals surface area contributed by atoms with Gasteiger partial charge in [0.25, 0.3) is 0 Å². The van der Waals surface area contributed by atoms with Crippen molar-refractivity contribution < 1.29 is 4.39 Å². The number of aromatic nitrogens is 2. The fraction of sp³-hybridized carbons (Fsp3) is 0.357. The van der Waals surface area contributed by atoms with Crippen molar-refractivity contribution in [1.82, 2.24) is 9.78 Å². The van der Waals surface area contributed by atoms with Crippen LogP contribution in [0.15, 0.2) is 30.5 Å². The van der Waals surface area contributed by atoms with E-state index < -0.39 is 0 Å². The maximum absolute atomic E-state index is 13.6. The van der Waals surface area contributed by atoms with Crippen molar-refractivity contribution in [2.75, 3.05) is 0 Å². The first-order valence-electron chi connectivity index (χ1n) is 6.16. The van der Waals surface area contributed by atoms with Gasteiger partial charge >= 0.3 is 0 Å². The molecular formula is C14H18FN3. The zero-order valence-electron chi connectivity index (χ0n) is 10.7. The number of hydrogen-bond acceptors (Lipinski definition) is 2. The van der Waals surface area contributed by atoms with Gasteiger partial charge in [0, 0.05) is 12.7 Å². The number of rotatable bonds is 4. The Kier molecular flexibility index (Phi) is 3.77. The molecule has 0 spiro atoms. The quantitative estimate of drug-likeness (QED) is 0.902. The second-order valence-corrected chi connectivity index (χ2v) is 4.47. The first-order valence-corrected chi connectivity index (χ1v) is 6.16. The standard InChI is InChI=1S/C14H18FN3/c1-3-8-18-13(6-7-17-18)14(16)11-5-4-10(2)12(15)9-11/h4-7,9,14H,3,8,16H2,1-2H3. The number of nitrogens with two attached hydrogens (primary N) is 1. The molecule has 0 aliphatic heterocycles. The smallest absolute Gasteiger partial charge is 0.126 e. The fourth-order valence-corrected chi connectivity index (χ4v) is 1.98. The molecule has 2 N–H and O–H groups in total. The van der Waals surface area contributed by atoms with Crippen molar-refractivity contribution >= 4 is 0 Å². The van der Waals surface area contributed by atoms with E-state index in [9.17, 15) is 4.39 Å². The van der Waals surface area contributed by atoms with Gasteiger partial charge in [-0.1, -0.05) is 19.1 Å². The molecule has 0 radical (unpaired) electrons. The Labute approximate surface area is 106 Å². The SMILES string of the molecule is CCCn1nccc1C(N)c1ccc(C)c(F)c1. The molecule has 1 aromatic heterocycles. The van der Waals surface area contributed by atoms with E-state index in [2.05, 4.69) is 12.0 Å². The number of nitrogens with zero attached hydrogens (tertiary/aromatic N) is 2. The Morgan fingerprint density at radius 2 is 2.17 bits per heavy atom. The molecule has 1 unspecified atom stereocenters. The van der Waals surface area contributed by atoms with Crippen LogP contribution < -0.4 is 5.73 Å². The molecule has 2 aromatic rings. The largest absolute Gasteiger partial charge is 0.319 e. The molecular weight excluding hydrogens is 229 g/mol. The lowest BCUT2D eigenvalue weighted by molar-refractivity contribution is 0.557. The summed E-state index contributed by atoms with van der Waals surface area (Å²) in [5.74, 6) is -0.218. The van der Waals surface area contributed by atoms with Gasteiger partial charge < -0.3 is 5.73 Å². The summed E-state index contributed by atoms with van der Waals surface area (Å²) < 4.78 is 15.4. The van der Waals surface area contributed by atoms with E-state index in [0.29, 0.717) is 5.56 Å². The molecule has 0 saturated carbocycles. The monoisotopic (exact) mass is 247 g/mol. The highest BCUT2D eigenvalue weighted by Crippen LogP contribution is 2.21. The maximum Gasteiger partial charge on any atom is 0.126 e. The molecule has 96 valence electrons. The van der Waals surface area contributed by atoms with E-state index in [-0.39, 0.29) is 11.9 Å². The number of aryl methyl sites for hydroxylation is 2. The highest BCUT2D eigenvalue weighted by molar-refractivity contribution is 5.30. The Balaban J connectivity index is 2.32. The van der Waals surface area contributed by atoms with Crippen LogP contribution in [0, 0.1) is 12.7 Å². The van der Waals surface area contributed by atoms with Crippen LogP contribution in [0.25, 0.3) is 0 Å². The van der Waals surface area contributed by atoms with Gasteiger partial charge in [0.2, 0.25) is 0 Å². The van der Waals surface area contributed by atoms with Gasteiger partial charge in [0.05, 0.1) is 11.7 Å². The second kappa shape index (κ2) is 5.31. The maximum atomic E-state index is 13.6. The average Bonchev–Trinajstić information content (AvgIpc) is 2.80. The Hall–Kier alpha value is -1.68. The lowest BCUT2D eigenvalue weighted by Gasteiger charge is -2.15. The topological polar surface area (TPSA) is 43.8 Å². The van der Waals surface area contributed by atoms with Crippen LogP contribution in [-0.2, 0) is 6.54 Å². The van der Waals surface area contributed by atoms with E-state index in [1.54, 1.807) is 19.2 Å². The normalized spacial score (nSPS) is 12.7. The predicted molar refractivity (Wildman–Crippen MR) is 69.7 cm³/mol. The average molecular weight is 247 g/mol. The Bertz CT molecular complexity index is 534. The molecule has 0 aliphatic carbocycles. The zero-order chi connectivity index (χ0) is 13.1. The van der Waals surface area contributed by atoms with Gasteiger partial charge in [0.1, 0.15) is 5.82 Å². The predicted octanol–water partition coefficient (Wildman–Crippen LogP) is 2.79. The molecule has 0 saturated heterocycles. The van der Waals surface area contributed by atoms with Gasteiger partial charge in [-0.05, 0) is 36.6 Å². The molecule has 2 rings (SSSR count). The minimum Gasteiger partial charge on any atom is -0.319 e. The van der Waals surface area contributed by atoms with Crippen LogP contribution in [0.4, 0.5) is 4.39 Å². The molecule has 0 fully saturated rings. The van der Waals surface area contributed by atoms with Crippen molar-refractivity contribution in [2.45, 2.75) is 32.9 Å². The highest BCUT2D eigenvalue weighted by atomic mass is 19.1. The van der Waals surface area contributed by atoms with Crippen LogP contribution in [0.2, 0.25) is 0 Å². The van der Waals surface area contributed by atoms with Gasteiger partial charge in [-0.25, -0.2) is 4.39 Å². The molecule has 1 atom stereocenters.